The van der Waals surface area contributed by atoms with Crippen molar-refractivity contribution in [1.29, 1.82) is 0 Å². The van der Waals surface area contributed by atoms with Gasteiger partial charge in [-0.15, -0.1) is 0 Å². The van der Waals surface area contributed by atoms with Crippen LogP contribution in [0.5, 0.6) is 0 Å². The molecule has 4 atom stereocenters. The van der Waals surface area contributed by atoms with Crippen LogP contribution in [0.4, 0.5) is 0 Å². The van der Waals surface area contributed by atoms with Gasteiger partial charge in [0.2, 0.25) is 5.91 Å². The van der Waals surface area contributed by atoms with Gasteiger partial charge in [-0.1, -0.05) is 35.3 Å². The number of likely N-dealkylation sites (tertiary alicyclic amines) is 1. The first kappa shape index (κ1) is 15.1. The topological polar surface area (TPSA) is 46.3 Å². The molecule has 0 bridgehead atoms. The normalized spacial score (nSPS) is 32.1. The Morgan fingerprint density at radius 3 is 2.81 bits per heavy atom. The van der Waals surface area contributed by atoms with E-state index in [1.807, 2.05) is 17.0 Å². The molecular formula is C16H20Cl2N2O. The lowest BCUT2D eigenvalue weighted by Gasteiger charge is -2.36. The second-order valence-corrected chi connectivity index (χ2v) is 7.04. The summed E-state index contributed by atoms with van der Waals surface area (Å²) in [6.45, 7) is 2.86. The standard InChI is InChI=1S/C16H20Cl2N2O/c1-9-7-10(19)5-6-20(9)16(21)13-8-12(13)11-3-2-4-14(17)15(11)18/h2-4,9-10,12-13H,5-8,19H2,1H3/t9-,10-,12+,13-/m1/s1. The SMILES string of the molecule is C[C@@H]1C[C@H](N)CCN1C(=O)[C@@H]1C[C@H]1c1cccc(Cl)c1Cl. The molecule has 0 aromatic heterocycles. The van der Waals surface area contributed by atoms with Crippen molar-refractivity contribution < 1.29 is 4.79 Å². The number of carbonyl (C=O) groups excluding carboxylic acids is 1. The number of amides is 1. The highest BCUT2D eigenvalue weighted by molar-refractivity contribution is 6.42. The van der Waals surface area contributed by atoms with Crippen molar-refractivity contribution in [1.82, 2.24) is 4.90 Å². The molecule has 3 rings (SSSR count). The third-order valence-corrected chi connectivity index (χ3v) is 5.52. The maximum absolute atomic E-state index is 12.7. The summed E-state index contributed by atoms with van der Waals surface area (Å²) >= 11 is 12.3. The van der Waals surface area contributed by atoms with Crippen LogP contribution >= 0.6 is 23.2 Å². The van der Waals surface area contributed by atoms with Gasteiger partial charge < -0.3 is 10.6 Å². The van der Waals surface area contributed by atoms with Crippen molar-refractivity contribution in [3.8, 4) is 0 Å². The molecule has 0 radical (unpaired) electrons. The summed E-state index contributed by atoms with van der Waals surface area (Å²) in [4.78, 5) is 14.7. The molecule has 1 aromatic carbocycles. The minimum atomic E-state index is 0.0535. The maximum Gasteiger partial charge on any atom is 0.226 e. The number of benzene rings is 1. The van der Waals surface area contributed by atoms with Crippen LogP contribution in [0.15, 0.2) is 18.2 Å². The maximum atomic E-state index is 12.7. The fourth-order valence-corrected chi connectivity index (χ4v) is 3.82. The molecule has 0 unspecified atom stereocenters. The molecular weight excluding hydrogens is 307 g/mol. The van der Waals surface area contributed by atoms with Crippen molar-refractivity contribution in [2.45, 2.75) is 44.2 Å². The van der Waals surface area contributed by atoms with Gasteiger partial charge in [-0.25, -0.2) is 0 Å². The van der Waals surface area contributed by atoms with Gasteiger partial charge in [0.1, 0.15) is 0 Å². The molecule has 1 aliphatic heterocycles. The molecule has 1 saturated carbocycles. The van der Waals surface area contributed by atoms with Crippen molar-refractivity contribution in [2.24, 2.45) is 11.7 Å². The molecule has 1 amide bonds. The van der Waals surface area contributed by atoms with Crippen molar-refractivity contribution in [3.63, 3.8) is 0 Å². The number of nitrogens with zero attached hydrogens (tertiary/aromatic N) is 1. The van der Waals surface area contributed by atoms with Gasteiger partial charge in [-0.2, -0.15) is 0 Å². The highest BCUT2D eigenvalue weighted by Crippen LogP contribution is 2.51. The summed E-state index contributed by atoms with van der Waals surface area (Å²) in [6.07, 6.45) is 2.65. The smallest absolute Gasteiger partial charge is 0.226 e. The zero-order chi connectivity index (χ0) is 15.1. The highest BCUT2D eigenvalue weighted by atomic mass is 35.5. The molecule has 21 heavy (non-hydrogen) atoms. The second kappa shape index (κ2) is 5.79. The molecule has 1 heterocycles. The minimum Gasteiger partial charge on any atom is -0.340 e. The monoisotopic (exact) mass is 326 g/mol. The van der Waals surface area contributed by atoms with E-state index in [1.54, 1.807) is 6.07 Å². The van der Waals surface area contributed by atoms with Crippen molar-refractivity contribution in [3.05, 3.63) is 33.8 Å². The summed E-state index contributed by atoms with van der Waals surface area (Å²) in [5.41, 5.74) is 6.97. The molecule has 2 fully saturated rings. The highest BCUT2D eigenvalue weighted by Gasteiger charge is 2.47. The predicted molar refractivity (Wildman–Crippen MR) is 85.7 cm³/mol. The molecule has 1 aromatic rings. The lowest BCUT2D eigenvalue weighted by atomic mass is 9.98. The van der Waals surface area contributed by atoms with E-state index in [0.717, 1.165) is 31.4 Å². The second-order valence-electron chi connectivity index (χ2n) is 6.26. The Balaban J connectivity index is 1.70. The van der Waals surface area contributed by atoms with E-state index in [1.165, 1.54) is 0 Å². The molecule has 2 N–H and O–H groups in total. The van der Waals surface area contributed by atoms with Crippen molar-refractivity contribution in [2.75, 3.05) is 6.54 Å². The van der Waals surface area contributed by atoms with E-state index in [0.29, 0.717) is 10.0 Å². The average molecular weight is 327 g/mol. The lowest BCUT2D eigenvalue weighted by molar-refractivity contribution is -0.136. The molecule has 1 aliphatic carbocycles. The summed E-state index contributed by atoms with van der Waals surface area (Å²) in [5, 5.41) is 1.15. The van der Waals surface area contributed by atoms with Gasteiger partial charge in [0.25, 0.3) is 0 Å². The number of halogens is 2. The number of hydrogen-bond donors (Lipinski definition) is 1. The molecule has 1 saturated heterocycles. The van der Waals surface area contributed by atoms with E-state index in [-0.39, 0.29) is 29.8 Å². The first-order valence-electron chi connectivity index (χ1n) is 7.49. The van der Waals surface area contributed by atoms with Crippen LogP contribution in [0.25, 0.3) is 0 Å². The Bertz CT molecular complexity index is 563. The third-order valence-electron chi connectivity index (χ3n) is 4.69. The number of piperidine rings is 1. The van der Waals surface area contributed by atoms with E-state index >= 15 is 0 Å². The summed E-state index contributed by atoms with van der Waals surface area (Å²) in [5.74, 6) is 0.514. The largest absolute Gasteiger partial charge is 0.340 e. The zero-order valence-corrected chi connectivity index (χ0v) is 13.6. The van der Waals surface area contributed by atoms with Crippen LogP contribution in [0.2, 0.25) is 10.0 Å². The van der Waals surface area contributed by atoms with Crippen LogP contribution in [0, 0.1) is 5.92 Å². The quantitative estimate of drug-likeness (QED) is 0.904. The number of carbonyl (C=O) groups is 1. The Kier molecular flexibility index (Phi) is 4.17. The number of hydrogen-bond acceptors (Lipinski definition) is 2. The Hall–Kier alpha value is -0.770. The molecule has 2 aliphatic rings. The fourth-order valence-electron chi connectivity index (χ4n) is 3.37. The van der Waals surface area contributed by atoms with Gasteiger partial charge in [0.05, 0.1) is 10.0 Å². The van der Waals surface area contributed by atoms with Crippen LogP contribution in [0.1, 0.15) is 37.7 Å². The van der Waals surface area contributed by atoms with Gasteiger partial charge in [-0.05, 0) is 43.7 Å². The summed E-state index contributed by atoms with van der Waals surface area (Å²) < 4.78 is 0. The zero-order valence-electron chi connectivity index (χ0n) is 12.1. The molecule has 114 valence electrons. The van der Waals surface area contributed by atoms with Crippen LogP contribution in [0.3, 0.4) is 0 Å². The van der Waals surface area contributed by atoms with Crippen molar-refractivity contribution >= 4 is 29.1 Å². The van der Waals surface area contributed by atoms with E-state index in [9.17, 15) is 4.79 Å². The average Bonchev–Trinajstić information content (AvgIpc) is 3.21. The van der Waals surface area contributed by atoms with Gasteiger partial charge in [-0.3, -0.25) is 4.79 Å². The summed E-state index contributed by atoms with van der Waals surface area (Å²) in [7, 11) is 0. The van der Waals surface area contributed by atoms with Gasteiger partial charge in [0, 0.05) is 24.5 Å². The fraction of sp³-hybridized carbons (Fsp3) is 0.562. The van der Waals surface area contributed by atoms with E-state index in [2.05, 4.69) is 6.92 Å². The lowest BCUT2D eigenvalue weighted by Crippen LogP contribution is -2.49. The number of rotatable bonds is 2. The van der Waals surface area contributed by atoms with Crippen LogP contribution in [-0.2, 0) is 4.79 Å². The number of nitrogens with two attached hydrogens (primary N) is 1. The first-order valence-corrected chi connectivity index (χ1v) is 8.24. The minimum absolute atomic E-state index is 0.0535. The van der Waals surface area contributed by atoms with E-state index in [4.69, 9.17) is 28.9 Å². The molecule has 0 spiro atoms. The first-order chi connectivity index (χ1) is 9.99. The van der Waals surface area contributed by atoms with Crippen LogP contribution in [-0.4, -0.2) is 29.4 Å². The third kappa shape index (κ3) is 2.92. The van der Waals surface area contributed by atoms with Gasteiger partial charge in [0.15, 0.2) is 0 Å². The summed E-state index contributed by atoms with van der Waals surface area (Å²) in [6, 6.07) is 6.10. The Morgan fingerprint density at radius 2 is 2.10 bits per heavy atom. The predicted octanol–water partition coefficient (Wildman–Crippen LogP) is 3.44. The van der Waals surface area contributed by atoms with Gasteiger partial charge >= 0.3 is 0 Å². The molecule has 3 nitrogen and oxygen atoms in total. The van der Waals surface area contributed by atoms with Crippen LogP contribution < -0.4 is 5.73 Å². The van der Waals surface area contributed by atoms with E-state index < -0.39 is 0 Å². The molecule has 5 heteroatoms. The Labute approximate surface area is 135 Å². The Morgan fingerprint density at radius 1 is 1.33 bits per heavy atom.